The van der Waals surface area contributed by atoms with E-state index >= 15 is 0 Å². The summed E-state index contributed by atoms with van der Waals surface area (Å²) in [5.41, 5.74) is 6.92. The largest absolute Gasteiger partial charge is 0.481 e. The smallest absolute Gasteiger partial charge is 0.308 e. The van der Waals surface area contributed by atoms with Crippen LogP contribution >= 0.6 is 0 Å². The van der Waals surface area contributed by atoms with Gasteiger partial charge in [0.15, 0.2) is 0 Å². The molecule has 1 saturated carbocycles. The summed E-state index contributed by atoms with van der Waals surface area (Å²) >= 11 is 0. The molecule has 0 amide bonds. The highest BCUT2D eigenvalue weighted by Crippen LogP contribution is 2.38. The monoisotopic (exact) mass is 205 g/mol. The Labute approximate surface area is 88.9 Å². The first-order valence-corrected chi connectivity index (χ1v) is 5.23. The van der Waals surface area contributed by atoms with Crippen molar-refractivity contribution in [2.45, 2.75) is 24.8 Å². The lowest BCUT2D eigenvalue weighted by Crippen LogP contribution is -2.33. The SMILES string of the molecule is N[C@H]1CC[C@H](c2ccccc2)[C@@H]1C(=O)O. The van der Waals surface area contributed by atoms with E-state index in [1.54, 1.807) is 0 Å². The molecule has 1 aromatic carbocycles. The molecule has 0 spiro atoms. The molecule has 1 fully saturated rings. The molecule has 0 aromatic heterocycles. The van der Waals surface area contributed by atoms with Crippen LogP contribution in [0.25, 0.3) is 0 Å². The summed E-state index contributed by atoms with van der Waals surface area (Å²) in [5.74, 6) is -1.11. The lowest BCUT2D eigenvalue weighted by molar-refractivity contribution is -0.142. The van der Waals surface area contributed by atoms with Crippen LogP contribution in [0.15, 0.2) is 30.3 Å². The third kappa shape index (κ3) is 1.88. The molecule has 1 aromatic rings. The van der Waals surface area contributed by atoms with Crippen molar-refractivity contribution >= 4 is 5.97 Å². The summed E-state index contributed by atoms with van der Waals surface area (Å²) in [6.07, 6.45) is 1.68. The topological polar surface area (TPSA) is 63.3 Å². The van der Waals surface area contributed by atoms with Crippen LogP contribution in [-0.2, 0) is 4.79 Å². The average molecular weight is 205 g/mol. The highest BCUT2D eigenvalue weighted by molar-refractivity contribution is 5.73. The van der Waals surface area contributed by atoms with Gasteiger partial charge < -0.3 is 10.8 Å². The zero-order valence-corrected chi connectivity index (χ0v) is 8.47. The number of carbonyl (C=O) groups is 1. The normalized spacial score (nSPS) is 30.3. The predicted molar refractivity (Wildman–Crippen MR) is 57.5 cm³/mol. The molecule has 80 valence electrons. The van der Waals surface area contributed by atoms with Crippen LogP contribution in [0.2, 0.25) is 0 Å². The van der Waals surface area contributed by atoms with Gasteiger partial charge in [-0.2, -0.15) is 0 Å². The minimum absolute atomic E-state index is 0.0821. The van der Waals surface area contributed by atoms with Crippen molar-refractivity contribution in [2.24, 2.45) is 11.7 Å². The summed E-state index contributed by atoms with van der Waals surface area (Å²) in [4.78, 5) is 11.1. The Kier molecular flexibility index (Phi) is 2.73. The van der Waals surface area contributed by atoms with Crippen LogP contribution in [0.1, 0.15) is 24.3 Å². The molecule has 1 aliphatic carbocycles. The van der Waals surface area contributed by atoms with Gasteiger partial charge in [-0.1, -0.05) is 30.3 Å². The third-order valence-corrected chi connectivity index (χ3v) is 3.22. The molecule has 0 unspecified atom stereocenters. The predicted octanol–water partition coefficient (Wildman–Crippen LogP) is 1.59. The first-order valence-electron chi connectivity index (χ1n) is 5.23. The second kappa shape index (κ2) is 4.03. The van der Waals surface area contributed by atoms with Gasteiger partial charge in [0.05, 0.1) is 5.92 Å². The van der Waals surface area contributed by atoms with E-state index in [4.69, 9.17) is 10.8 Å². The van der Waals surface area contributed by atoms with Gasteiger partial charge in [-0.05, 0) is 24.3 Å². The number of nitrogens with two attached hydrogens (primary N) is 1. The van der Waals surface area contributed by atoms with Gasteiger partial charge >= 0.3 is 5.97 Å². The van der Waals surface area contributed by atoms with Crippen LogP contribution in [0, 0.1) is 5.92 Å². The van der Waals surface area contributed by atoms with Crippen molar-refractivity contribution in [1.29, 1.82) is 0 Å². The second-order valence-corrected chi connectivity index (χ2v) is 4.12. The number of hydrogen-bond donors (Lipinski definition) is 2. The zero-order valence-electron chi connectivity index (χ0n) is 8.47. The first kappa shape index (κ1) is 10.2. The number of aliphatic carboxylic acids is 1. The van der Waals surface area contributed by atoms with Crippen molar-refractivity contribution in [2.75, 3.05) is 0 Å². The number of benzene rings is 1. The molecule has 0 radical (unpaired) electrons. The lowest BCUT2D eigenvalue weighted by Gasteiger charge is -2.18. The Morgan fingerprint density at radius 1 is 1.27 bits per heavy atom. The average Bonchev–Trinajstić information content (AvgIpc) is 2.61. The molecule has 15 heavy (non-hydrogen) atoms. The molecular weight excluding hydrogens is 190 g/mol. The molecule has 0 heterocycles. The Hall–Kier alpha value is -1.35. The number of carboxylic acids is 1. The summed E-state index contributed by atoms with van der Waals surface area (Å²) in [5, 5.41) is 9.14. The third-order valence-electron chi connectivity index (χ3n) is 3.22. The number of rotatable bonds is 2. The van der Waals surface area contributed by atoms with Gasteiger partial charge in [0, 0.05) is 6.04 Å². The number of carboxylic acid groups (broad SMARTS) is 1. The van der Waals surface area contributed by atoms with E-state index < -0.39 is 11.9 Å². The molecule has 1 aliphatic rings. The Bertz CT molecular complexity index is 350. The fourth-order valence-corrected chi connectivity index (χ4v) is 2.46. The molecule has 3 N–H and O–H groups in total. The van der Waals surface area contributed by atoms with Crippen LogP contribution in [0.5, 0.6) is 0 Å². The summed E-state index contributed by atoms with van der Waals surface area (Å²) in [6.45, 7) is 0. The molecule has 3 heteroatoms. The van der Waals surface area contributed by atoms with Crippen LogP contribution in [0.4, 0.5) is 0 Å². The van der Waals surface area contributed by atoms with Crippen molar-refractivity contribution in [1.82, 2.24) is 0 Å². The first-order chi connectivity index (χ1) is 7.20. The molecular formula is C12H15NO2. The minimum Gasteiger partial charge on any atom is -0.481 e. The Morgan fingerprint density at radius 3 is 2.53 bits per heavy atom. The van der Waals surface area contributed by atoms with Gasteiger partial charge in [-0.15, -0.1) is 0 Å². The van der Waals surface area contributed by atoms with Crippen LogP contribution in [0.3, 0.4) is 0 Å². The van der Waals surface area contributed by atoms with Crippen LogP contribution in [-0.4, -0.2) is 17.1 Å². The minimum atomic E-state index is -0.770. The molecule has 0 saturated heterocycles. The maximum atomic E-state index is 11.1. The van der Waals surface area contributed by atoms with Gasteiger partial charge in [0.25, 0.3) is 0 Å². The van der Waals surface area contributed by atoms with E-state index in [2.05, 4.69) is 0 Å². The Balaban J connectivity index is 2.26. The van der Waals surface area contributed by atoms with Crippen LogP contribution < -0.4 is 5.73 Å². The molecule has 3 nitrogen and oxygen atoms in total. The van der Waals surface area contributed by atoms with Crippen molar-refractivity contribution in [3.63, 3.8) is 0 Å². The van der Waals surface area contributed by atoms with Gasteiger partial charge in [0.2, 0.25) is 0 Å². The highest BCUT2D eigenvalue weighted by Gasteiger charge is 2.39. The zero-order chi connectivity index (χ0) is 10.8. The fraction of sp³-hybridized carbons (Fsp3) is 0.417. The molecule has 0 bridgehead atoms. The Morgan fingerprint density at radius 2 is 1.93 bits per heavy atom. The number of hydrogen-bond acceptors (Lipinski definition) is 2. The van der Waals surface area contributed by atoms with Crippen molar-refractivity contribution in [3.8, 4) is 0 Å². The van der Waals surface area contributed by atoms with E-state index in [9.17, 15) is 4.79 Å². The van der Waals surface area contributed by atoms with E-state index in [1.807, 2.05) is 30.3 Å². The molecule has 2 rings (SSSR count). The standard InChI is InChI=1S/C12H15NO2/c13-10-7-6-9(11(10)12(14)15)8-4-2-1-3-5-8/h1-5,9-11H,6-7,13H2,(H,14,15)/t9-,10+,11+/m1/s1. The fourth-order valence-electron chi connectivity index (χ4n) is 2.46. The summed E-state index contributed by atoms with van der Waals surface area (Å²) in [7, 11) is 0. The summed E-state index contributed by atoms with van der Waals surface area (Å²) in [6, 6.07) is 9.59. The maximum absolute atomic E-state index is 11.1. The van der Waals surface area contributed by atoms with E-state index in [-0.39, 0.29) is 12.0 Å². The molecule has 3 atom stereocenters. The van der Waals surface area contributed by atoms with Crippen molar-refractivity contribution < 1.29 is 9.90 Å². The van der Waals surface area contributed by atoms with E-state index in [1.165, 1.54) is 0 Å². The molecule has 0 aliphatic heterocycles. The van der Waals surface area contributed by atoms with Gasteiger partial charge in [0.1, 0.15) is 0 Å². The summed E-state index contributed by atoms with van der Waals surface area (Å²) < 4.78 is 0. The second-order valence-electron chi connectivity index (χ2n) is 4.12. The highest BCUT2D eigenvalue weighted by atomic mass is 16.4. The van der Waals surface area contributed by atoms with Gasteiger partial charge in [-0.3, -0.25) is 4.79 Å². The van der Waals surface area contributed by atoms with E-state index in [0.717, 1.165) is 18.4 Å². The quantitative estimate of drug-likeness (QED) is 0.770. The lowest BCUT2D eigenvalue weighted by atomic mass is 9.88. The van der Waals surface area contributed by atoms with E-state index in [0.29, 0.717) is 0 Å². The maximum Gasteiger partial charge on any atom is 0.308 e. The van der Waals surface area contributed by atoms with Gasteiger partial charge in [-0.25, -0.2) is 0 Å². The van der Waals surface area contributed by atoms with Crippen molar-refractivity contribution in [3.05, 3.63) is 35.9 Å².